The highest BCUT2D eigenvalue weighted by molar-refractivity contribution is 5.21. The van der Waals surface area contributed by atoms with Crippen LogP contribution in [0.1, 0.15) is 0 Å². The van der Waals surface area contributed by atoms with E-state index in [-0.39, 0.29) is 5.75 Å². The van der Waals surface area contributed by atoms with Crippen molar-refractivity contribution in [2.75, 3.05) is 7.11 Å². The normalized spacial score (nSPS) is 13.7. The van der Waals surface area contributed by atoms with Crippen molar-refractivity contribution < 1.29 is 22.6 Å². The van der Waals surface area contributed by atoms with E-state index >= 15 is 0 Å². The van der Waals surface area contributed by atoms with Gasteiger partial charge in [-0.2, -0.15) is 8.78 Å². The maximum Gasteiger partial charge on any atom is 0.456 e. The van der Waals surface area contributed by atoms with Gasteiger partial charge in [-0.3, -0.25) is 0 Å². The summed E-state index contributed by atoms with van der Waals surface area (Å²) >= 11 is 0. The first-order valence-corrected chi connectivity index (χ1v) is 3.85. The van der Waals surface area contributed by atoms with Crippen molar-refractivity contribution in [1.82, 2.24) is 0 Å². The molecule has 0 amide bonds. The number of hydrogen-bond donors (Lipinski definition) is 0. The first-order valence-electron chi connectivity index (χ1n) is 3.85. The van der Waals surface area contributed by atoms with E-state index in [4.69, 9.17) is 0 Å². The van der Waals surface area contributed by atoms with Gasteiger partial charge in [0.1, 0.15) is 5.75 Å². The van der Waals surface area contributed by atoms with Gasteiger partial charge in [0, 0.05) is 7.11 Å². The fraction of sp³-hybridized carbons (Fsp3) is 0.333. The number of ether oxygens (including phenoxy) is 2. The van der Waals surface area contributed by atoms with Crippen molar-refractivity contribution in [3.05, 3.63) is 30.3 Å². The van der Waals surface area contributed by atoms with Gasteiger partial charge in [-0.1, -0.05) is 18.2 Å². The van der Waals surface area contributed by atoms with E-state index in [9.17, 15) is 13.2 Å². The quantitative estimate of drug-likeness (QED) is 0.753. The van der Waals surface area contributed by atoms with Crippen LogP contribution >= 0.6 is 0 Å². The van der Waals surface area contributed by atoms with Crippen LogP contribution in [0.4, 0.5) is 13.2 Å². The molecule has 14 heavy (non-hydrogen) atoms. The average molecular weight is 206 g/mol. The third-order valence-electron chi connectivity index (χ3n) is 1.47. The van der Waals surface area contributed by atoms with Gasteiger partial charge >= 0.3 is 12.5 Å². The zero-order chi connectivity index (χ0) is 10.6. The van der Waals surface area contributed by atoms with Crippen molar-refractivity contribution in [3.63, 3.8) is 0 Å². The molecule has 78 valence electrons. The number of rotatable bonds is 4. The largest absolute Gasteiger partial charge is 0.456 e. The van der Waals surface area contributed by atoms with Gasteiger partial charge in [0.2, 0.25) is 0 Å². The molecule has 1 rings (SSSR count). The maximum atomic E-state index is 12.8. The molecule has 0 bridgehead atoms. The molecule has 1 atom stereocenters. The number of halogens is 3. The molecule has 5 heteroatoms. The maximum absolute atomic E-state index is 12.8. The lowest BCUT2D eigenvalue weighted by molar-refractivity contribution is -0.284. The summed E-state index contributed by atoms with van der Waals surface area (Å²) in [5.41, 5.74) is 0. The Morgan fingerprint density at radius 3 is 2.29 bits per heavy atom. The molecule has 1 unspecified atom stereocenters. The molecule has 1 aromatic rings. The smallest absolute Gasteiger partial charge is 0.429 e. The Kier molecular flexibility index (Phi) is 3.35. The minimum atomic E-state index is -3.98. The molecule has 0 heterocycles. The second-order valence-corrected chi connectivity index (χ2v) is 2.53. The van der Waals surface area contributed by atoms with Crippen molar-refractivity contribution in [1.29, 1.82) is 0 Å². The fourth-order valence-electron chi connectivity index (χ4n) is 0.829. The molecule has 2 nitrogen and oxygen atoms in total. The number of benzene rings is 1. The highest BCUT2D eigenvalue weighted by Crippen LogP contribution is 2.26. The summed E-state index contributed by atoms with van der Waals surface area (Å²) in [6.45, 7) is 0. The third kappa shape index (κ3) is 2.63. The molecule has 0 aliphatic heterocycles. The molecular formula is C9H9F3O2. The van der Waals surface area contributed by atoms with Gasteiger partial charge in [-0.05, 0) is 12.1 Å². The fourth-order valence-corrected chi connectivity index (χ4v) is 0.829. The first kappa shape index (κ1) is 10.8. The molecule has 0 aromatic heterocycles. The van der Waals surface area contributed by atoms with E-state index in [0.717, 1.165) is 7.11 Å². The lowest BCUT2D eigenvalue weighted by atomic mass is 10.3. The van der Waals surface area contributed by atoms with Crippen molar-refractivity contribution in [3.8, 4) is 5.75 Å². The van der Waals surface area contributed by atoms with Crippen LogP contribution in [0.2, 0.25) is 0 Å². The van der Waals surface area contributed by atoms with E-state index in [0.29, 0.717) is 0 Å². The SMILES string of the molecule is COC(F)C(F)(F)Oc1ccccc1. The Morgan fingerprint density at radius 1 is 1.21 bits per heavy atom. The van der Waals surface area contributed by atoms with Gasteiger partial charge in [0.05, 0.1) is 0 Å². The molecule has 0 radical (unpaired) electrons. The van der Waals surface area contributed by atoms with Crippen LogP contribution in [0.5, 0.6) is 5.75 Å². The van der Waals surface area contributed by atoms with Crippen LogP contribution < -0.4 is 4.74 Å². The summed E-state index contributed by atoms with van der Waals surface area (Å²) in [6.07, 6.45) is -6.75. The average Bonchev–Trinajstić information content (AvgIpc) is 2.17. The van der Waals surface area contributed by atoms with E-state index in [1.54, 1.807) is 6.07 Å². The minimum Gasteiger partial charge on any atom is -0.429 e. The molecule has 0 saturated carbocycles. The highest BCUT2D eigenvalue weighted by atomic mass is 19.3. The second kappa shape index (κ2) is 4.32. The summed E-state index contributed by atoms with van der Waals surface area (Å²) in [5.74, 6) is -0.114. The molecule has 0 N–H and O–H groups in total. The number of methoxy groups -OCH3 is 1. The Labute approximate surface area is 79.2 Å². The highest BCUT2D eigenvalue weighted by Gasteiger charge is 2.43. The van der Waals surface area contributed by atoms with Crippen molar-refractivity contribution in [2.24, 2.45) is 0 Å². The van der Waals surface area contributed by atoms with Crippen LogP contribution in [0, 0.1) is 0 Å². The Balaban J connectivity index is 2.68. The number of hydrogen-bond acceptors (Lipinski definition) is 2. The zero-order valence-electron chi connectivity index (χ0n) is 7.41. The van der Waals surface area contributed by atoms with Gasteiger partial charge in [0.15, 0.2) is 0 Å². The standard InChI is InChI=1S/C9H9F3O2/c1-13-8(10)9(11,12)14-7-5-3-2-4-6-7/h2-6,8H,1H3. The molecule has 0 fully saturated rings. The monoisotopic (exact) mass is 206 g/mol. The number of alkyl halides is 3. The van der Waals surface area contributed by atoms with E-state index in [1.807, 2.05) is 0 Å². The summed E-state index contributed by atoms with van der Waals surface area (Å²) < 4.78 is 46.0. The molecule has 0 spiro atoms. The topological polar surface area (TPSA) is 18.5 Å². The first-order chi connectivity index (χ1) is 6.56. The summed E-state index contributed by atoms with van der Waals surface area (Å²) in [4.78, 5) is 0. The molecule has 1 aromatic carbocycles. The molecule has 0 saturated heterocycles. The van der Waals surface area contributed by atoms with Crippen LogP contribution in [0.25, 0.3) is 0 Å². The van der Waals surface area contributed by atoms with Crippen LogP contribution in [-0.2, 0) is 4.74 Å². The molecule has 0 aliphatic carbocycles. The third-order valence-corrected chi connectivity index (χ3v) is 1.47. The van der Waals surface area contributed by atoms with Crippen molar-refractivity contribution >= 4 is 0 Å². The predicted molar refractivity (Wildman–Crippen MR) is 43.9 cm³/mol. The van der Waals surface area contributed by atoms with Gasteiger partial charge in [0.25, 0.3) is 0 Å². The summed E-state index contributed by atoms with van der Waals surface area (Å²) in [5, 5.41) is 0. The summed E-state index contributed by atoms with van der Waals surface area (Å²) in [6, 6.07) is 7.25. The predicted octanol–water partition coefficient (Wildman–Crippen LogP) is 2.60. The summed E-state index contributed by atoms with van der Waals surface area (Å²) in [7, 11) is 0.840. The molecule has 0 aliphatic rings. The minimum absolute atomic E-state index is 0.114. The van der Waals surface area contributed by atoms with E-state index in [2.05, 4.69) is 9.47 Å². The zero-order valence-corrected chi connectivity index (χ0v) is 7.41. The number of para-hydroxylation sites is 1. The Morgan fingerprint density at radius 2 is 1.79 bits per heavy atom. The van der Waals surface area contributed by atoms with Crippen molar-refractivity contribution in [2.45, 2.75) is 12.5 Å². The van der Waals surface area contributed by atoms with Gasteiger partial charge in [-0.25, -0.2) is 4.39 Å². The second-order valence-electron chi connectivity index (χ2n) is 2.53. The lowest BCUT2D eigenvalue weighted by Crippen LogP contribution is -2.37. The van der Waals surface area contributed by atoms with E-state index in [1.165, 1.54) is 24.3 Å². The van der Waals surface area contributed by atoms with Crippen LogP contribution in [-0.4, -0.2) is 19.6 Å². The Bertz CT molecular complexity index is 277. The molecular weight excluding hydrogens is 197 g/mol. The van der Waals surface area contributed by atoms with Gasteiger partial charge in [-0.15, -0.1) is 0 Å². The lowest BCUT2D eigenvalue weighted by Gasteiger charge is -2.19. The van der Waals surface area contributed by atoms with E-state index < -0.39 is 12.5 Å². The van der Waals surface area contributed by atoms with Crippen LogP contribution in [0.3, 0.4) is 0 Å². The Hall–Kier alpha value is -1.23. The van der Waals surface area contributed by atoms with Gasteiger partial charge < -0.3 is 9.47 Å². The van der Waals surface area contributed by atoms with Crippen LogP contribution in [0.15, 0.2) is 30.3 Å².